The van der Waals surface area contributed by atoms with Gasteiger partial charge in [0.05, 0.1) is 16.8 Å². The van der Waals surface area contributed by atoms with E-state index >= 15 is 0 Å². The molecule has 5 nitrogen and oxygen atoms in total. The Hall–Kier alpha value is -2.23. The summed E-state index contributed by atoms with van der Waals surface area (Å²) in [6.45, 7) is 0.493. The summed E-state index contributed by atoms with van der Waals surface area (Å²) < 4.78 is 39.0. The van der Waals surface area contributed by atoms with Gasteiger partial charge in [-0.1, -0.05) is 65.3 Å². The molecule has 164 valence electrons. The molecule has 0 spiro atoms. The van der Waals surface area contributed by atoms with Crippen LogP contribution in [0.2, 0.25) is 10.0 Å². The van der Waals surface area contributed by atoms with Crippen molar-refractivity contribution in [2.75, 3.05) is 6.54 Å². The lowest BCUT2D eigenvalue weighted by Gasteiger charge is -2.15. The number of rotatable bonds is 7. The van der Waals surface area contributed by atoms with Gasteiger partial charge >= 0.3 is 6.18 Å². The summed E-state index contributed by atoms with van der Waals surface area (Å²) in [5, 5.41) is 10.7. The van der Waals surface area contributed by atoms with E-state index < -0.39 is 23.9 Å². The van der Waals surface area contributed by atoms with Gasteiger partial charge in [-0.05, 0) is 30.7 Å². The summed E-state index contributed by atoms with van der Waals surface area (Å²) in [5.74, 6) is -0.293. The van der Waals surface area contributed by atoms with Crippen LogP contribution < -0.4 is 5.32 Å². The molecule has 0 bridgehead atoms. The first kappa shape index (κ1) is 23.4. The number of thioether (sulfide) groups is 1. The quantitative estimate of drug-likeness (QED) is 0.448. The third kappa shape index (κ3) is 6.38. The number of hydrogen-bond acceptors (Lipinski definition) is 4. The standard InChI is InChI=1S/C20H17Cl2F3N4OS/c1-12(18(30)26-11-20(23,24)25)31-19-28-27-17(15-8-7-14(21)9-16(15)22)29(19)10-13-5-3-2-4-6-13/h2-9,12H,10-11H2,1H3,(H,26,30). The summed E-state index contributed by atoms with van der Waals surface area (Å²) in [7, 11) is 0. The summed E-state index contributed by atoms with van der Waals surface area (Å²) >= 11 is 13.3. The maximum Gasteiger partial charge on any atom is 0.405 e. The van der Waals surface area contributed by atoms with E-state index in [1.807, 2.05) is 35.6 Å². The predicted molar refractivity (Wildman–Crippen MR) is 115 cm³/mol. The minimum absolute atomic E-state index is 0.375. The van der Waals surface area contributed by atoms with Crippen LogP contribution in [0.3, 0.4) is 0 Å². The second-order valence-corrected chi connectivity index (χ2v) is 8.75. The zero-order valence-electron chi connectivity index (χ0n) is 16.2. The molecule has 0 aliphatic rings. The molecule has 1 aromatic heterocycles. The van der Waals surface area contributed by atoms with Crippen LogP contribution in [0.5, 0.6) is 0 Å². The number of nitrogens with one attached hydrogen (secondary N) is 1. The number of amides is 1. The summed E-state index contributed by atoms with van der Waals surface area (Å²) in [5.41, 5.74) is 1.54. The second kappa shape index (κ2) is 9.93. The third-order valence-corrected chi connectivity index (χ3v) is 5.82. The van der Waals surface area contributed by atoms with Crippen molar-refractivity contribution in [3.05, 3.63) is 64.1 Å². The molecule has 3 aromatic rings. The van der Waals surface area contributed by atoms with E-state index in [-0.39, 0.29) is 0 Å². The monoisotopic (exact) mass is 488 g/mol. The maximum absolute atomic E-state index is 12.4. The molecule has 2 aromatic carbocycles. The van der Waals surface area contributed by atoms with Crippen molar-refractivity contribution in [3.8, 4) is 11.4 Å². The Labute approximate surface area is 190 Å². The Morgan fingerprint density at radius 2 is 1.87 bits per heavy atom. The number of nitrogens with zero attached hydrogens (tertiary/aromatic N) is 3. The normalized spacial score (nSPS) is 12.6. The zero-order valence-corrected chi connectivity index (χ0v) is 18.5. The molecule has 0 saturated heterocycles. The molecule has 0 aliphatic carbocycles. The summed E-state index contributed by atoms with van der Waals surface area (Å²) in [6.07, 6.45) is -4.48. The Morgan fingerprint density at radius 1 is 1.16 bits per heavy atom. The van der Waals surface area contributed by atoms with Gasteiger partial charge in [-0.3, -0.25) is 9.36 Å². The lowest BCUT2D eigenvalue weighted by atomic mass is 10.2. The number of alkyl halides is 3. The average Bonchev–Trinajstić information content (AvgIpc) is 3.08. The van der Waals surface area contributed by atoms with Crippen LogP contribution in [0.1, 0.15) is 12.5 Å². The molecule has 0 radical (unpaired) electrons. The molecule has 11 heteroatoms. The van der Waals surface area contributed by atoms with E-state index in [2.05, 4.69) is 10.2 Å². The molecule has 1 unspecified atom stereocenters. The van der Waals surface area contributed by atoms with Gasteiger partial charge in [0.25, 0.3) is 0 Å². The van der Waals surface area contributed by atoms with Crippen molar-refractivity contribution in [1.82, 2.24) is 20.1 Å². The number of halogens is 5. The Balaban J connectivity index is 1.91. The zero-order chi connectivity index (χ0) is 22.6. The highest BCUT2D eigenvalue weighted by molar-refractivity contribution is 8.00. The van der Waals surface area contributed by atoms with E-state index in [0.717, 1.165) is 17.3 Å². The van der Waals surface area contributed by atoms with Gasteiger partial charge in [0, 0.05) is 10.6 Å². The van der Waals surface area contributed by atoms with Gasteiger partial charge in [0.2, 0.25) is 5.91 Å². The Kier molecular flexibility index (Phi) is 7.51. The third-order valence-electron chi connectivity index (χ3n) is 4.19. The predicted octanol–water partition coefficient (Wildman–Crippen LogP) is 5.46. The van der Waals surface area contributed by atoms with Crippen LogP contribution in [-0.2, 0) is 11.3 Å². The molecule has 1 heterocycles. The van der Waals surface area contributed by atoms with Gasteiger partial charge in [0.1, 0.15) is 6.54 Å². The first-order chi connectivity index (χ1) is 14.6. The van der Waals surface area contributed by atoms with Crippen molar-refractivity contribution in [1.29, 1.82) is 0 Å². The van der Waals surface area contributed by atoms with Crippen LogP contribution in [0, 0.1) is 0 Å². The molecule has 0 aliphatic heterocycles. The molecule has 3 rings (SSSR count). The Bertz CT molecular complexity index is 1060. The van der Waals surface area contributed by atoms with Crippen LogP contribution >= 0.6 is 35.0 Å². The minimum Gasteiger partial charge on any atom is -0.346 e. The highest BCUT2D eigenvalue weighted by atomic mass is 35.5. The van der Waals surface area contributed by atoms with Crippen LogP contribution in [0.15, 0.2) is 53.7 Å². The van der Waals surface area contributed by atoms with Crippen molar-refractivity contribution in [2.45, 2.75) is 30.1 Å². The fourth-order valence-electron chi connectivity index (χ4n) is 2.70. The smallest absolute Gasteiger partial charge is 0.346 e. The Morgan fingerprint density at radius 3 is 2.52 bits per heavy atom. The SMILES string of the molecule is CC(Sc1nnc(-c2ccc(Cl)cc2Cl)n1Cc1ccccc1)C(=O)NCC(F)(F)F. The van der Waals surface area contributed by atoms with Gasteiger partial charge in [-0.2, -0.15) is 13.2 Å². The highest BCUT2D eigenvalue weighted by Crippen LogP contribution is 2.33. The van der Waals surface area contributed by atoms with Crippen LogP contribution in [0.4, 0.5) is 13.2 Å². The van der Waals surface area contributed by atoms with Crippen LogP contribution in [-0.4, -0.2) is 38.6 Å². The molecule has 31 heavy (non-hydrogen) atoms. The molecule has 1 amide bonds. The molecular weight excluding hydrogens is 472 g/mol. The largest absolute Gasteiger partial charge is 0.405 e. The average molecular weight is 489 g/mol. The van der Waals surface area contributed by atoms with E-state index in [1.165, 1.54) is 6.92 Å². The highest BCUT2D eigenvalue weighted by Gasteiger charge is 2.29. The van der Waals surface area contributed by atoms with E-state index in [4.69, 9.17) is 23.2 Å². The van der Waals surface area contributed by atoms with Crippen molar-refractivity contribution in [3.63, 3.8) is 0 Å². The number of benzene rings is 2. The van der Waals surface area contributed by atoms with Gasteiger partial charge in [0.15, 0.2) is 11.0 Å². The second-order valence-electron chi connectivity index (χ2n) is 6.60. The molecule has 0 fully saturated rings. The van der Waals surface area contributed by atoms with Crippen molar-refractivity contribution >= 4 is 40.9 Å². The maximum atomic E-state index is 12.4. The van der Waals surface area contributed by atoms with E-state index in [1.54, 1.807) is 22.8 Å². The topological polar surface area (TPSA) is 59.8 Å². The molecule has 1 atom stereocenters. The number of hydrogen-bond donors (Lipinski definition) is 1. The first-order valence-corrected chi connectivity index (χ1v) is 10.7. The molecule has 0 saturated carbocycles. The van der Waals surface area contributed by atoms with Crippen molar-refractivity contribution < 1.29 is 18.0 Å². The minimum atomic E-state index is -4.48. The van der Waals surface area contributed by atoms with Crippen LogP contribution in [0.25, 0.3) is 11.4 Å². The number of carbonyl (C=O) groups excluding carboxylic acids is 1. The first-order valence-electron chi connectivity index (χ1n) is 9.07. The van der Waals surface area contributed by atoms with Gasteiger partial charge < -0.3 is 5.32 Å². The molecule has 1 N–H and O–H groups in total. The van der Waals surface area contributed by atoms with E-state index in [0.29, 0.717) is 33.1 Å². The number of carbonyl (C=O) groups is 1. The molecular formula is C20H17Cl2F3N4OS. The number of aromatic nitrogens is 3. The van der Waals surface area contributed by atoms with Gasteiger partial charge in [-0.25, -0.2) is 0 Å². The lowest BCUT2D eigenvalue weighted by molar-refractivity contribution is -0.137. The van der Waals surface area contributed by atoms with E-state index in [9.17, 15) is 18.0 Å². The fraction of sp³-hybridized carbons (Fsp3) is 0.250. The van der Waals surface area contributed by atoms with Gasteiger partial charge in [-0.15, -0.1) is 10.2 Å². The summed E-state index contributed by atoms with van der Waals surface area (Å²) in [4.78, 5) is 12.1. The lowest BCUT2D eigenvalue weighted by Crippen LogP contribution is -2.38. The summed E-state index contributed by atoms with van der Waals surface area (Å²) in [6, 6.07) is 14.5. The van der Waals surface area contributed by atoms with Crippen molar-refractivity contribution in [2.24, 2.45) is 0 Å². The fourth-order valence-corrected chi connectivity index (χ4v) is 4.06.